The molecule has 0 radical (unpaired) electrons. The molecule has 0 saturated heterocycles. The fourth-order valence-corrected chi connectivity index (χ4v) is 3.43. The maximum atomic E-state index is 12.2. The number of benzene rings is 1. The van der Waals surface area contributed by atoms with E-state index in [0.29, 0.717) is 24.3 Å². The molecule has 2 aromatic rings. The number of hydrogen-bond acceptors (Lipinski definition) is 4. The van der Waals surface area contributed by atoms with Gasteiger partial charge in [0.25, 0.3) is 0 Å². The van der Waals surface area contributed by atoms with Crippen LogP contribution in [0.3, 0.4) is 0 Å². The van der Waals surface area contributed by atoms with Gasteiger partial charge in [0.05, 0.1) is 6.26 Å². The molecule has 0 bridgehead atoms. The van der Waals surface area contributed by atoms with E-state index in [1.807, 2.05) is 6.07 Å². The fourth-order valence-electron chi connectivity index (χ4n) is 3.43. The number of furan rings is 1. The topological polar surface area (TPSA) is 104 Å². The summed E-state index contributed by atoms with van der Waals surface area (Å²) in [5, 5.41) is 17.9. The molecular weight excluding hydrogens is 358 g/mol. The quantitative estimate of drug-likeness (QED) is 0.559. The Morgan fingerprint density at radius 2 is 1.86 bits per heavy atom. The molecule has 1 saturated carbocycles. The summed E-state index contributed by atoms with van der Waals surface area (Å²) < 4.78 is 5.28. The highest BCUT2D eigenvalue weighted by molar-refractivity contribution is 5.94. The third-order valence-electron chi connectivity index (χ3n) is 4.99. The summed E-state index contributed by atoms with van der Waals surface area (Å²) in [6.45, 7) is 0.269. The van der Waals surface area contributed by atoms with E-state index in [1.165, 1.54) is 0 Å². The molecule has 150 valence electrons. The Hall–Kier alpha value is -2.80. The van der Waals surface area contributed by atoms with Gasteiger partial charge >= 0.3 is 6.03 Å². The largest absolute Gasteiger partial charge is 0.469 e. The van der Waals surface area contributed by atoms with Gasteiger partial charge in [-0.25, -0.2) is 4.79 Å². The zero-order chi connectivity index (χ0) is 19.8. The zero-order valence-corrected chi connectivity index (χ0v) is 15.8. The highest BCUT2D eigenvalue weighted by Gasteiger charge is 2.22. The molecule has 1 heterocycles. The van der Waals surface area contributed by atoms with Crippen molar-refractivity contribution in [2.24, 2.45) is 11.8 Å². The molecule has 1 aromatic heterocycles. The number of amides is 3. The van der Waals surface area contributed by atoms with Crippen molar-refractivity contribution in [3.8, 4) is 0 Å². The van der Waals surface area contributed by atoms with Crippen LogP contribution in [0.1, 0.15) is 31.4 Å². The molecule has 0 aliphatic heterocycles. The molecule has 1 fully saturated rings. The van der Waals surface area contributed by atoms with Crippen LogP contribution in [0.15, 0.2) is 47.1 Å². The zero-order valence-electron chi connectivity index (χ0n) is 15.8. The molecule has 0 unspecified atom stereocenters. The van der Waals surface area contributed by atoms with E-state index in [4.69, 9.17) is 4.42 Å². The van der Waals surface area contributed by atoms with Crippen molar-refractivity contribution < 1.29 is 19.1 Å². The Morgan fingerprint density at radius 1 is 1.11 bits per heavy atom. The van der Waals surface area contributed by atoms with Crippen molar-refractivity contribution >= 4 is 23.3 Å². The minimum absolute atomic E-state index is 0.0443. The predicted molar refractivity (Wildman–Crippen MR) is 107 cm³/mol. The number of aliphatic hydroxyl groups is 1. The first-order valence-corrected chi connectivity index (χ1v) is 9.73. The van der Waals surface area contributed by atoms with Crippen molar-refractivity contribution in [1.82, 2.24) is 5.32 Å². The number of hydrogen-bond donors (Lipinski definition) is 4. The minimum atomic E-state index is -0.364. The summed E-state index contributed by atoms with van der Waals surface area (Å²) in [7, 11) is 0. The van der Waals surface area contributed by atoms with Gasteiger partial charge in [-0.05, 0) is 43.2 Å². The van der Waals surface area contributed by atoms with E-state index in [2.05, 4.69) is 16.0 Å². The van der Waals surface area contributed by atoms with Crippen LogP contribution in [0.4, 0.5) is 16.2 Å². The number of carbonyl (C=O) groups excluding carboxylic acids is 2. The van der Waals surface area contributed by atoms with E-state index < -0.39 is 0 Å². The number of rotatable bonds is 8. The molecule has 28 heavy (non-hydrogen) atoms. The van der Waals surface area contributed by atoms with Crippen LogP contribution in [0.5, 0.6) is 0 Å². The van der Waals surface area contributed by atoms with Crippen molar-refractivity contribution in [3.63, 3.8) is 0 Å². The van der Waals surface area contributed by atoms with E-state index in [-0.39, 0.29) is 30.4 Å². The summed E-state index contributed by atoms with van der Waals surface area (Å²) >= 11 is 0. The predicted octanol–water partition coefficient (Wildman–Crippen LogP) is 3.38. The first-order valence-electron chi connectivity index (χ1n) is 9.73. The molecule has 7 heteroatoms. The Kier molecular flexibility index (Phi) is 7.08. The van der Waals surface area contributed by atoms with E-state index in [1.54, 1.807) is 36.6 Å². The highest BCUT2D eigenvalue weighted by atomic mass is 16.3. The third-order valence-corrected chi connectivity index (χ3v) is 4.99. The van der Waals surface area contributed by atoms with Gasteiger partial charge in [0.2, 0.25) is 5.91 Å². The molecule has 1 aliphatic carbocycles. The third kappa shape index (κ3) is 5.85. The first-order chi connectivity index (χ1) is 13.6. The standard InChI is InChI=1S/C21H27N3O4/c25-14-15(11-19-9-4-10-28-19)13-22-21(27)24-18-8-3-7-17(12-18)23-20(26)16-5-1-2-6-16/h3-4,7-10,12,15-16,25H,1-2,5-6,11,13-14H2,(H,23,26)(H2,22,24,27)/t15-/m1/s1. The molecule has 7 nitrogen and oxygen atoms in total. The first kappa shape index (κ1) is 19.9. The molecule has 3 rings (SSSR count). The number of urea groups is 1. The second kappa shape index (κ2) is 9.94. The summed E-state index contributed by atoms with van der Waals surface area (Å²) in [6, 6.07) is 10.4. The van der Waals surface area contributed by atoms with Gasteiger partial charge in [-0.1, -0.05) is 18.9 Å². The second-order valence-corrected chi connectivity index (χ2v) is 7.22. The second-order valence-electron chi connectivity index (χ2n) is 7.22. The minimum Gasteiger partial charge on any atom is -0.469 e. The molecule has 3 amide bonds. The van der Waals surface area contributed by atoms with Gasteiger partial charge in [0.15, 0.2) is 0 Å². The van der Waals surface area contributed by atoms with Crippen LogP contribution in [0, 0.1) is 11.8 Å². The number of nitrogens with one attached hydrogen (secondary N) is 3. The number of carbonyl (C=O) groups is 2. The van der Waals surface area contributed by atoms with Crippen LogP contribution in [-0.2, 0) is 11.2 Å². The lowest BCUT2D eigenvalue weighted by molar-refractivity contribution is -0.119. The lowest BCUT2D eigenvalue weighted by Gasteiger charge is -2.15. The maximum Gasteiger partial charge on any atom is 0.319 e. The van der Waals surface area contributed by atoms with Gasteiger partial charge in [-0.2, -0.15) is 0 Å². The van der Waals surface area contributed by atoms with Crippen molar-refractivity contribution in [2.75, 3.05) is 23.8 Å². The van der Waals surface area contributed by atoms with Gasteiger partial charge in [-0.3, -0.25) is 4.79 Å². The SMILES string of the molecule is O=C(NC[C@H](CO)Cc1ccco1)Nc1cccc(NC(=O)C2CCCC2)c1. The molecule has 1 atom stereocenters. The fraction of sp³-hybridized carbons (Fsp3) is 0.429. The molecule has 1 aromatic carbocycles. The Bertz CT molecular complexity index is 770. The van der Waals surface area contributed by atoms with E-state index in [0.717, 1.165) is 31.4 Å². The smallest absolute Gasteiger partial charge is 0.319 e. The molecule has 0 spiro atoms. The number of aliphatic hydroxyl groups excluding tert-OH is 1. The lowest BCUT2D eigenvalue weighted by Crippen LogP contribution is -2.35. The van der Waals surface area contributed by atoms with Gasteiger partial charge in [0.1, 0.15) is 5.76 Å². The van der Waals surface area contributed by atoms with Crippen LogP contribution in [0.25, 0.3) is 0 Å². The summed E-state index contributed by atoms with van der Waals surface area (Å²) in [5.74, 6) is 0.771. The number of anilines is 2. The van der Waals surface area contributed by atoms with Crippen LogP contribution in [-0.4, -0.2) is 30.2 Å². The summed E-state index contributed by atoms with van der Waals surface area (Å²) in [5.41, 5.74) is 1.26. The molecule has 4 N–H and O–H groups in total. The Morgan fingerprint density at radius 3 is 2.54 bits per heavy atom. The normalized spacial score (nSPS) is 15.2. The van der Waals surface area contributed by atoms with Crippen molar-refractivity contribution in [1.29, 1.82) is 0 Å². The average molecular weight is 385 g/mol. The van der Waals surface area contributed by atoms with Crippen LogP contribution >= 0.6 is 0 Å². The van der Waals surface area contributed by atoms with E-state index in [9.17, 15) is 14.7 Å². The van der Waals surface area contributed by atoms with Crippen molar-refractivity contribution in [2.45, 2.75) is 32.1 Å². The average Bonchev–Trinajstić information content (AvgIpc) is 3.39. The van der Waals surface area contributed by atoms with Gasteiger partial charge in [0, 0.05) is 42.8 Å². The highest BCUT2D eigenvalue weighted by Crippen LogP contribution is 2.26. The Labute approximate surface area is 164 Å². The van der Waals surface area contributed by atoms with Crippen molar-refractivity contribution in [3.05, 3.63) is 48.4 Å². The lowest BCUT2D eigenvalue weighted by atomic mass is 10.1. The molecule has 1 aliphatic rings. The maximum absolute atomic E-state index is 12.2. The summed E-state index contributed by atoms with van der Waals surface area (Å²) in [6.07, 6.45) is 6.23. The summed E-state index contributed by atoms with van der Waals surface area (Å²) in [4.78, 5) is 24.4. The van der Waals surface area contributed by atoms with Gasteiger partial charge in [-0.15, -0.1) is 0 Å². The van der Waals surface area contributed by atoms with Crippen LogP contribution < -0.4 is 16.0 Å². The van der Waals surface area contributed by atoms with E-state index >= 15 is 0 Å². The monoisotopic (exact) mass is 385 g/mol. The van der Waals surface area contributed by atoms with Crippen LogP contribution in [0.2, 0.25) is 0 Å². The molecular formula is C21H27N3O4. The Balaban J connectivity index is 1.47. The van der Waals surface area contributed by atoms with Gasteiger partial charge < -0.3 is 25.5 Å².